The van der Waals surface area contributed by atoms with Gasteiger partial charge in [0, 0.05) is 24.4 Å². The predicted octanol–water partition coefficient (Wildman–Crippen LogP) is 2.11. The van der Waals surface area contributed by atoms with Crippen molar-refractivity contribution in [3.05, 3.63) is 34.4 Å². The number of rotatable bonds is 5. The van der Waals surface area contributed by atoms with Gasteiger partial charge in [0.1, 0.15) is 23.6 Å². The number of nitrogens with zero attached hydrogens (tertiary/aromatic N) is 2. The summed E-state index contributed by atoms with van der Waals surface area (Å²) in [5.74, 6) is 1.27. The van der Waals surface area contributed by atoms with E-state index in [-0.39, 0.29) is 22.8 Å². The van der Waals surface area contributed by atoms with Gasteiger partial charge in [0.15, 0.2) is 0 Å². The standard InChI is InChI=1S/C12H13ClN2O4S/c13-7-11(16)14-5-6-20-12(14)8-19-10-3-1-9(2-4-10)15(17)18/h1-4,12H,5-8H2/t12-/m1/s1. The van der Waals surface area contributed by atoms with Gasteiger partial charge in [-0.05, 0) is 12.1 Å². The summed E-state index contributed by atoms with van der Waals surface area (Å²) in [5.41, 5.74) is 0.0199. The first-order valence-corrected chi connectivity index (χ1v) is 7.54. The Kier molecular flexibility index (Phi) is 5.08. The first-order chi connectivity index (χ1) is 9.61. The van der Waals surface area contributed by atoms with Crippen molar-refractivity contribution in [3.63, 3.8) is 0 Å². The number of benzene rings is 1. The quantitative estimate of drug-likeness (QED) is 0.472. The van der Waals surface area contributed by atoms with E-state index < -0.39 is 4.92 Å². The van der Waals surface area contributed by atoms with Crippen molar-refractivity contribution in [1.29, 1.82) is 0 Å². The monoisotopic (exact) mass is 316 g/mol. The van der Waals surface area contributed by atoms with Gasteiger partial charge in [-0.15, -0.1) is 23.4 Å². The van der Waals surface area contributed by atoms with Crippen LogP contribution in [0, 0.1) is 10.1 Å². The molecule has 0 bridgehead atoms. The molecule has 0 spiro atoms. The van der Waals surface area contributed by atoms with E-state index in [1.165, 1.54) is 12.1 Å². The summed E-state index contributed by atoms with van der Waals surface area (Å²) in [6.07, 6.45) is 0. The van der Waals surface area contributed by atoms with Crippen molar-refractivity contribution in [2.24, 2.45) is 0 Å². The second kappa shape index (κ2) is 6.81. The maximum absolute atomic E-state index is 11.6. The molecule has 0 aliphatic carbocycles. The van der Waals surface area contributed by atoms with Crippen LogP contribution in [0.1, 0.15) is 0 Å². The number of nitro groups is 1. The van der Waals surface area contributed by atoms with Gasteiger partial charge < -0.3 is 9.64 Å². The van der Waals surface area contributed by atoms with Crippen LogP contribution < -0.4 is 4.74 Å². The molecule has 1 aliphatic rings. The first-order valence-electron chi connectivity index (χ1n) is 5.96. The van der Waals surface area contributed by atoms with Crippen LogP contribution in [0.25, 0.3) is 0 Å². The van der Waals surface area contributed by atoms with Crippen LogP contribution in [-0.4, -0.2) is 45.9 Å². The van der Waals surface area contributed by atoms with Crippen LogP contribution in [-0.2, 0) is 4.79 Å². The van der Waals surface area contributed by atoms with E-state index >= 15 is 0 Å². The number of thioether (sulfide) groups is 1. The van der Waals surface area contributed by atoms with Crippen molar-refractivity contribution >= 4 is 35.0 Å². The molecule has 2 rings (SSSR count). The molecule has 0 unspecified atom stereocenters. The highest BCUT2D eigenvalue weighted by Gasteiger charge is 2.29. The third kappa shape index (κ3) is 3.55. The second-order valence-corrected chi connectivity index (χ2v) is 5.66. The number of halogens is 1. The lowest BCUT2D eigenvalue weighted by Gasteiger charge is -2.22. The van der Waals surface area contributed by atoms with Gasteiger partial charge in [-0.1, -0.05) is 0 Å². The maximum atomic E-state index is 11.6. The van der Waals surface area contributed by atoms with Gasteiger partial charge in [-0.2, -0.15) is 0 Å². The minimum atomic E-state index is -0.461. The number of carbonyl (C=O) groups is 1. The summed E-state index contributed by atoms with van der Waals surface area (Å²) in [6, 6.07) is 5.87. The van der Waals surface area contributed by atoms with E-state index in [9.17, 15) is 14.9 Å². The Morgan fingerprint density at radius 1 is 1.50 bits per heavy atom. The Morgan fingerprint density at radius 2 is 2.20 bits per heavy atom. The molecule has 1 aliphatic heterocycles. The number of nitro benzene ring substituents is 1. The molecule has 1 fully saturated rings. The Hall–Kier alpha value is -1.47. The fourth-order valence-electron chi connectivity index (χ4n) is 1.85. The molecule has 8 heteroatoms. The number of non-ortho nitro benzene ring substituents is 1. The SMILES string of the molecule is O=C(CCl)N1CCS[C@@H]1COc1ccc([N+](=O)[O-])cc1. The lowest BCUT2D eigenvalue weighted by Crippen LogP contribution is -2.38. The smallest absolute Gasteiger partial charge is 0.269 e. The number of hydrogen-bond acceptors (Lipinski definition) is 5. The zero-order chi connectivity index (χ0) is 14.5. The van der Waals surface area contributed by atoms with Crippen molar-refractivity contribution in [3.8, 4) is 5.75 Å². The molecule has 0 aromatic heterocycles. The van der Waals surface area contributed by atoms with Crippen LogP contribution in [0.4, 0.5) is 5.69 Å². The summed E-state index contributed by atoms with van der Waals surface area (Å²) in [5, 5.41) is 10.5. The van der Waals surface area contributed by atoms with Gasteiger partial charge in [-0.25, -0.2) is 0 Å². The molecule has 1 saturated heterocycles. The van der Waals surface area contributed by atoms with E-state index in [1.807, 2.05) is 0 Å². The number of alkyl halides is 1. The van der Waals surface area contributed by atoms with Crippen LogP contribution in [0.3, 0.4) is 0 Å². The highest BCUT2D eigenvalue weighted by Crippen LogP contribution is 2.25. The molecule has 0 N–H and O–H groups in total. The maximum Gasteiger partial charge on any atom is 0.269 e. The van der Waals surface area contributed by atoms with Crippen LogP contribution in [0.5, 0.6) is 5.75 Å². The lowest BCUT2D eigenvalue weighted by molar-refractivity contribution is -0.384. The molecular formula is C12H13ClN2O4S. The third-order valence-corrected chi connectivity index (χ3v) is 4.29. The van der Waals surface area contributed by atoms with Crippen molar-refractivity contribution in [2.75, 3.05) is 24.8 Å². The van der Waals surface area contributed by atoms with E-state index in [0.29, 0.717) is 18.9 Å². The fourth-order valence-corrected chi connectivity index (χ4v) is 3.15. The van der Waals surface area contributed by atoms with Crippen molar-refractivity contribution in [2.45, 2.75) is 5.37 Å². The zero-order valence-electron chi connectivity index (χ0n) is 10.5. The first kappa shape index (κ1) is 14.9. The average Bonchev–Trinajstić information content (AvgIpc) is 2.93. The van der Waals surface area contributed by atoms with Crippen molar-refractivity contribution < 1.29 is 14.5 Å². The van der Waals surface area contributed by atoms with Crippen LogP contribution >= 0.6 is 23.4 Å². The third-order valence-electron chi connectivity index (χ3n) is 2.86. The number of carbonyl (C=O) groups excluding carboxylic acids is 1. The molecular weight excluding hydrogens is 304 g/mol. The van der Waals surface area contributed by atoms with Gasteiger partial charge in [0.2, 0.25) is 5.91 Å². The van der Waals surface area contributed by atoms with Gasteiger partial charge >= 0.3 is 0 Å². The second-order valence-electron chi connectivity index (χ2n) is 4.11. The Bertz CT molecular complexity index is 497. The highest BCUT2D eigenvalue weighted by atomic mass is 35.5. The van der Waals surface area contributed by atoms with E-state index in [1.54, 1.807) is 28.8 Å². The molecule has 6 nitrogen and oxygen atoms in total. The fraction of sp³-hybridized carbons (Fsp3) is 0.417. The average molecular weight is 317 g/mol. The summed E-state index contributed by atoms with van der Waals surface area (Å²) in [7, 11) is 0. The summed E-state index contributed by atoms with van der Waals surface area (Å²) in [6.45, 7) is 1.01. The molecule has 1 aromatic rings. The molecule has 1 amide bonds. The van der Waals surface area contributed by atoms with Crippen LogP contribution in [0.2, 0.25) is 0 Å². The summed E-state index contributed by atoms with van der Waals surface area (Å²) in [4.78, 5) is 23.4. The highest BCUT2D eigenvalue weighted by molar-refractivity contribution is 8.00. The lowest BCUT2D eigenvalue weighted by atomic mass is 10.3. The van der Waals surface area contributed by atoms with Gasteiger partial charge in [0.05, 0.1) is 4.92 Å². The predicted molar refractivity (Wildman–Crippen MR) is 77.3 cm³/mol. The van der Waals surface area contributed by atoms with E-state index in [4.69, 9.17) is 16.3 Å². The van der Waals surface area contributed by atoms with Crippen molar-refractivity contribution in [1.82, 2.24) is 4.90 Å². The van der Waals surface area contributed by atoms with E-state index in [2.05, 4.69) is 0 Å². The van der Waals surface area contributed by atoms with Gasteiger partial charge in [-0.3, -0.25) is 14.9 Å². The molecule has 1 aromatic carbocycles. The molecule has 0 saturated carbocycles. The topological polar surface area (TPSA) is 72.7 Å². The molecule has 108 valence electrons. The Labute approximate surface area is 125 Å². The molecule has 0 radical (unpaired) electrons. The minimum Gasteiger partial charge on any atom is -0.491 e. The van der Waals surface area contributed by atoms with E-state index in [0.717, 1.165) is 5.75 Å². The molecule has 20 heavy (non-hydrogen) atoms. The Morgan fingerprint density at radius 3 is 2.80 bits per heavy atom. The molecule has 1 atom stereocenters. The number of ether oxygens (including phenoxy) is 1. The zero-order valence-corrected chi connectivity index (χ0v) is 12.1. The van der Waals surface area contributed by atoms with Crippen LogP contribution in [0.15, 0.2) is 24.3 Å². The largest absolute Gasteiger partial charge is 0.491 e. The normalized spacial score (nSPS) is 18.1. The number of hydrogen-bond donors (Lipinski definition) is 0. The summed E-state index contributed by atoms with van der Waals surface area (Å²) >= 11 is 7.19. The molecule has 1 heterocycles. The number of amides is 1. The Balaban J connectivity index is 1.91. The minimum absolute atomic E-state index is 0.0199. The summed E-state index contributed by atoms with van der Waals surface area (Å²) < 4.78 is 5.57. The van der Waals surface area contributed by atoms with Gasteiger partial charge in [0.25, 0.3) is 5.69 Å².